The number of imidazole rings is 1. The predicted molar refractivity (Wildman–Crippen MR) is 160 cm³/mol. The maximum atomic E-state index is 13.4. The molecule has 2 aliphatic rings. The van der Waals surface area contributed by atoms with Crippen molar-refractivity contribution in [2.24, 2.45) is 5.92 Å². The van der Waals surface area contributed by atoms with Crippen LogP contribution in [0.2, 0.25) is 0 Å². The first-order valence-corrected chi connectivity index (χ1v) is 14.5. The molecule has 2 saturated heterocycles. The summed E-state index contributed by atoms with van der Waals surface area (Å²) in [5.41, 5.74) is 5.99. The largest absolute Gasteiger partial charge is 0.497 e. The number of ether oxygens (including phenoxy) is 1. The molecule has 0 radical (unpaired) electrons. The number of piperazine rings is 1. The number of para-hydroxylation sites is 3. The molecule has 0 saturated carbocycles. The van der Waals surface area contributed by atoms with Crippen molar-refractivity contribution < 1.29 is 9.53 Å². The molecular weight excluding hydrogens is 498 g/mol. The predicted octanol–water partition coefficient (Wildman–Crippen LogP) is 4.96. The van der Waals surface area contributed by atoms with Gasteiger partial charge in [-0.1, -0.05) is 42.5 Å². The van der Waals surface area contributed by atoms with E-state index in [9.17, 15) is 4.79 Å². The summed E-state index contributed by atoms with van der Waals surface area (Å²) in [7, 11) is 1.69. The van der Waals surface area contributed by atoms with Gasteiger partial charge in [0.05, 0.1) is 24.7 Å². The normalized spacial score (nSPS) is 16.9. The van der Waals surface area contributed by atoms with E-state index in [2.05, 4.69) is 86.9 Å². The summed E-state index contributed by atoms with van der Waals surface area (Å²) < 4.78 is 7.67. The maximum absolute atomic E-state index is 13.4. The van der Waals surface area contributed by atoms with Gasteiger partial charge in [0.15, 0.2) is 0 Å². The number of methoxy groups -OCH3 is 1. The highest BCUT2D eigenvalue weighted by molar-refractivity contribution is 5.79. The minimum absolute atomic E-state index is 0.124. The van der Waals surface area contributed by atoms with Gasteiger partial charge in [-0.25, -0.2) is 4.98 Å². The zero-order valence-electron chi connectivity index (χ0n) is 23.6. The molecule has 40 heavy (non-hydrogen) atoms. The van der Waals surface area contributed by atoms with Gasteiger partial charge in [-0.05, 0) is 74.3 Å². The van der Waals surface area contributed by atoms with E-state index in [4.69, 9.17) is 9.72 Å². The Morgan fingerprint density at radius 1 is 0.850 bits per heavy atom. The number of aryl methyl sites for hydroxylation is 1. The highest BCUT2D eigenvalue weighted by Crippen LogP contribution is 2.26. The summed E-state index contributed by atoms with van der Waals surface area (Å²) in [6, 6.07) is 25.2. The second-order valence-electron chi connectivity index (χ2n) is 11.1. The molecule has 208 valence electrons. The van der Waals surface area contributed by atoms with Gasteiger partial charge in [0.2, 0.25) is 5.91 Å². The van der Waals surface area contributed by atoms with E-state index in [-0.39, 0.29) is 5.92 Å². The molecule has 2 fully saturated rings. The maximum Gasteiger partial charge on any atom is 0.225 e. The van der Waals surface area contributed by atoms with Gasteiger partial charge in [-0.2, -0.15) is 0 Å². The van der Waals surface area contributed by atoms with E-state index in [1.54, 1.807) is 7.11 Å². The van der Waals surface area contributed by atoms with E-state index in [0.717, 1.165) is 87.8 Å². The molecule has 1 aromatic heterocycles. The quantitative estimate of drug-likeness (QED) is 0.334. The number of anilines is 1. The number of piperidine rings is 1. The van der Waals surface area contributed by atoms with E-state index in [1.807, 2.05) is 12.1 Å². The number of carbonyl (C=O) groups excluding carboxylic acids is 1. The van der Waals surface area contributed by atoms with Gasteiger partial charge in [-0.3, -0.25) is 9.69 Å². The molecule has 3 heterocycles. The van der Waals surface area contributed by atoms with Gasteiger partial charge in [0.1, 0.15) is 11.6 Å². The first kappa shape index (κ1) is 26.4. The number of nitrogens with zero attached hydrogens (tertiary/aromatic N) is 5. The molecule has 0 N–H and O–H groups in total. The lowest BCUT2D eigenvalue weighted by atomic mass is 9.95. The van der Waals surface area contributed by atoms with Gasteiger partial charge in [-0.15, -0.1) is 0 Å². The molecule has 7 heteroatoms. The number of aromatic nitrogens is 2. The van der Waals surface area contributed by atoms with Crippen molar-refractivity contribution in [3.63, 3.8) is 0 Å². The van der Waals surface area contributed by atoms with Crippen molar-refractivity contribution in [3.8, 4) is 5.75 Å². The third-order valence-electron chi connectivity index (χ3n) is 8.58. The van der Waals surface area contributed by atoms with Crippen LogP contribution in [0.1, 0.15) is 29.8 Å². The van der Waals surface area contributed by atoms with Crippen LogP contribution in [0.3, 0.4) is 0 Å². The molecule has 6 rings (SSSR count). The van der Waals surface area contributed by atoms with Crippen LogP contribution >= 0.6 is 0 Å². The van der Waals surface area contributed by atoms with E-state index < -0.39 is 0 Å². The standard InChI is InChI=1S/C33H39N5O2/c1-25-7-3-5-9-30(25)36-19-21-37(22-20-36)33(39)27-15-17-35(18-16-27)24-32-34-29-8-4-6-10-31(29)38(32)23-26-11-13-28(40-2)14-12-26/h3-14,27H,15-24H2,1-2H3. The van der Waals surface area contributed by atoms with Crippen LogP contribution in [-0.4, -0.2) is 71.6 Å². The molecule has 0 unspecified atom stereocenters. The monoisotopic (exact) mass is 537 g/mol. The third-order valence-corrected chi connectivity index (χ3v) is 8.58. The Bertz CT molecular complexity index is 1450. The summed E-state index contributed by atoms with van der Waals surface area (Å²) in [6.07, 6.45) is 1.82. The van der Waals surface area contributed by atoms with Crippen molar-refractivity contribution in [3.05, 3.63) is 89.7 Å². The summed E-state index contributed by atoms with van der Waals surface area (Å²) in [4.78, 5) is 25.4. The summed E-state index contributed by atoms with van der Waals surface area (Å²) in [5.74, 6) is 2.41. The zero-order valence-corrected chi connectivity index (χ0v) is 23.6. The molecule has 1 amide bonds. The Labute approximate surface area is 237 Å². The molecule has 3 aromatic carbocycles. The van der Waals surface area contributed by atoms with Crippen LogP contribution in [0.25, 0.3) is 11.0 Å². The highest BCUT2D eigenvalue weighted by atomic mass is 16.5. The van der Waals surface area contributed by atoms with Crippen LogP contribution in [0, 0.1) is 12.8 Å². The zero-order chi connectivity index (χ0) is 27.5. The molecule has 0 atom stereocenters. The first-order valence-electron chi connectivity index (χ1n) is 14.5. The van der Waals surface area contributed by atoms with E-state index in [1.165, 1.54) is 16.8 Å². The average molecular weight is 538 g/mol. The SMILES string of the molecule is COc1ccc(Cn2c(CN3CCC(C(=O)N4CCN(c5ccccc5C)CC4)CC3)nc3ccccc32)cc1. The third kappa shape index (κ3) is 5.56. The molecule has 4 aromatic rings. The minimum atomic E-state index is 0.124. The number of benzene rings is 3. The topological polar surface area (TPSA) is 53.8 Å². The second-order valence-corrected chi connectivity index (χ2v) is 11.1. The van der Waals surface area contributed by atoms with Gasteiger partial charge in [0.25, 0.3) is 0 Å². The number of carbonyl (C=O) groups is 1. The van der Waals surface area contributed by atoms with Crippen LogP contribution in [0.4, 0.5) is 5.69 Å². The van der Waals surface area contributed by atoms with Crippen LogP contribution in [-0.2, 0) is 17.9 Å². The Balaban J connectivity index is 1.06. The molecule has 0 spiro atoms. The van der Waals surface area contributed by atoms with Gasteiger partial charge in [0, 0.05) is 44.3 Å². The number of hydrogen-bond acceptors (Lipinski definition) is 5. The van der Waals surface area contributed by atoms with Crippen molar-refractivity contribution in [1.29, 1.82) is 0 Å². The van der Waals surface area contributed by atoms with Crippen molar-refractivity contribution in [2.75, 3.05) is 51.3 Å². The minimum Gasteiger partial charge on any atom is -0.497 e. The molecule has 0 bridgehead atoms. The molecule has 0 aliphatic carbocycles. The number of rotatable bonds is 7. The van der Waals surface area contributed by atoms with Gasteiger partial charge < -0.3 is 19.1 Å². The lowest BCUT2D eigenvalue weighted by Gasteiger charge is -2.39. The summed E-state index contributed by atoms with van der Waals surface area (Å²) in [6.45, 7) is 8.99. The molecule has 7 nitrogen and oxygen atoms in total. The fourth-order valence-corrected chi connectivity index (χ4v) is 6.22. The smallest absolute Gasteiger partial charge is 0.225 e. The number of hydrogen-bond donors (Lipinski definition) is 0. The fraction of sp³-hybridized carbons (Fsp3) is 0.394. The van der Waals surface area contributed by atoms with E-state index >= 15 is 0 Å². The Hall–Kier alpha value is -3.84. The van der Waals surface area contributed by atoms with Crippen LogP contribution < -0.4 is 9.64 Å². The lowest BCUT2D eigenvalue weighted by Crippen LogP contribution is -2.51. The first-order chi connectivity index (χ1) is 19.6. The average Bonchev–Trinajstić information content (AvgIpc) is 3.34. The Morgan fingerprint density at radius 3 is 2.27 bits per heavy atom. The highest BCUT2D eigenvalue weighted by Gasteiger charge is 2.31. The number of fused-ring (bicyclic) bond motifs is 1. The second kappa shape index (κ2) is 11.7. The van der Waals surface area contributed by atoms with Crippen molar-refractivity contribution in [1.82, 2.24) is 19.4 Å². The van der Waals surface area contributed by atoms with Crippen molar-refractivity contribution in [2.45, 2.75) is 32.9 Å². The lowest BCUT2D eigenvalue weighted by molar-refractivity contribution is -0.137. The van der Waals surface area contributed by atoms with Crippen molar-refractivity contribution >= 4 is 22.6 Å². The van der Waals surface area contributed by atoms with E-state index in [0.29, 0.717) is 5.91 Å². The number of amides is 1. The van der Waals surface area contributed by atoms with Crippen LogP contribution in [0.5, 0.6) is 5.75 Å². The van der Waals surface area contributed by atoms with Crippen LogP contribution in [0.15, 0.2) is 72.8 Å². The molecule has 2 aliphatic heterocycles. The fourth-order valence-electron chi connectivity index (χ4n) is 6.22. The summed E-state index contributed by atoms with van der Waals surface area (Å²) >= 11 is 0. The Morgan fingerprint density at radius 2 is 1.55 bits per heavy atom. The summed E-state index contributed by atoms with van der Waals surface area (Å²) in [5, 5.41) is 0. The number of likely N-dealkylation sites (tertiary alicyclic amines) is 1. The van der Waals surface area contributed by atoms with Gasteiger partial charge >= 0.3 is 0 Å². The Kier molecular flexibility index (Phi) is 7.73. The molecular formula is C33H39N5O2.